The maximum Gasteiger partial charge on any atom is 0.0608 e. The van der Waals surface area contributed by atoms with Gasteiger partial charge in [0.2, 0.25) is 0 Å². The first-order valence-electron chi connectivity index (χ1n) is 4.90. The lowest BCUT2D eigenvalue weighted by Gasteiger charge is -2.07. The van der Waals surface area contributed by atoms with Gasteiger partial charge in [0.1, 0.15) is 0 Å². The minimum atomic E-state index is 0.814. The van der Waals surface area contributed by atoms with Crippen molar-refractivity contribution in [3.63, 3.8) is 0 Å². The lowest BCUT2D eigenvalue weighted by molar-refractivity contribution is 1.13. The summed E-state index contributed by atoms with van der Waals surface area (Å²) < 4.78 is 0. The predicted molar refractivity (Wildman–Crippen MR) is 66.1 cm³/mol. The van der Waals surface area contributed by atoms with Crippen LogP contribution in [0.4, 0.5) is 5.69 Å². The highest BCUT2D eigenvalue weighted by atomic mass is 32.1. The number of benzene rings is 2. The second kappa shape index (κ2) is 4.80. The zero-order valence-electron chi connectivity index (χ0n) is 8.31. The highest BCUT2D eigenvalue weighted by Crippen LogP contribution is 2.19. The zero-order valence-corrected chi connectivity index (χ0v) is 9.13. The number of nitrogens with one attached hydrogen (secondary N) is 1. The Balaban J connectivity index is 2.03. The fraction of sp³-hybridized carbons (Fsp3) is 0.0769. The summed E-state index contributed by atoms with van der Waals surface area (Å²) in [6, 6.07) is 18.2. The first kappa shape index (κ1) is 9.99. The quantitative estimate of drug-likeness (QED) is 0.818. The molecule has 0 unspecified atom stereocenters. The van der Waals surface area contributed by atoms with E-state index < -0.39 is 0 Å². The molecule has 2 heteroatoms. The Labute approximate surface area is 95.6 Å². The molecule has 0 aliphatic heterocycles. The molecule has 0 aliphatic carbocycles. The Morgan fingerprint density at radius 3 is 2.27 bits per heavy atom. The monoisotopic (exact) mass is 214 g/mol. The van der Waals surface area contributed by atoms with Gasteiger partial charge in [0.15, 0.2) is 0 Å². The van der Waals surface area contributed by atoms with Crippen molar-refractivity contribution in [3.05, 3.63) is 60.2 Å². The molecule has 0 saturated carbocycles. The number of hydrogen-bond acceptors (Lipinski definition) is 1. The molecule has 0 bridgehead atoms. The van der Waals surface area contributed by atoms with Gasteiger partial charge in [0, 0.05) is 6.54 Å². The molecule has 0 atom stereocenters. The predicted octanol–water partition coefficient (Wildman–Crippen LogP) is 3.86. The second-order valence-corrected chi connectivity index (χ2v) is 3.78. The standard InChI is InChI=1S/C13H12NS/c15-13-9-5-4-8-12(13)14-10-11-6-2-1-3-7-11/h1-9,14H,10H2. The lowest BCUT2D eigenvalue weighted by atomic mass is 10.2. The van der Waals surface area contributed by atoms with Crippen LogP contribution in [-0.2, 0) is 6.54 Å². The molecule has 0 amide bonds. The van der Waals surface area contributed by atoms with Crippen molar-refractivity contribution >= 4 is 18.3 Å². The molecule has 2 aromatic rings. The topological polar surface area (TPSA) is 12.0 Å². The third kappa shape index (κ3) is 2.70. The van der Waals surface area contributed by atoms with Crippen LogP contribution in [0.15, 0.2) is 59.5 Å². The van der Waals surface area contributed by atoms with Crippen molar-refractivity contribution < 1.29 is 0 Å². The first-order chi connectivity index (χ1) is 7.36. The van der Waals surface area contributed by atoms with Crippen molar-refractivity contribution in [1.82, 2.24) is 0 Å². The summed E-state index contributed by atoms with van der Waals surface area (Å²) >= 11 is 5.20. The van der Waals surface area contributed by atoms with Gasteiger partial charge < -0.3 is 5.32 Å². The molecule has 0 aliphatic rings. The zero-order chi connectivity index (χ0) is 10.5. The molecule has 0 saturated heterocycles. The third-order valence-electron chi connectivity index (χ3n) is 2.21. The maximum atomic E-state index is 5.20. The minimum Gasteiger partial charge on any atom is -0.380 e. The maximum absolute atomic E-state index is 5.20. The SMILES string of the molecule is [S]c1ccccc1NCc1ccccc1. The second-order valence-electron chi connectivity index (χ2n) is 3.34. The van der Waals surface area contributed by atoms with E-state index in [4.69, 9.17) is 12.6 Å². The summed E-state index contributed by atoms with van der Waals surface area (Å²) in [4.78, 5) is 0.869. The summed E-state index contributed by atoms with van der Waals surface area (Å²) in [5, 5.41) is 3.33. The van der Waals surface area contributed by atoms with E-state index in [1.54, 1.807) is 0 Å². The molecule has 15 heavy (non-hydrogen) atoms. The average molecular weight is 214 g/mol. The van der Waals surface area contributed by atoms with Gasteiger partial charge in [0.05, 0.1) is 10.6 Å². The van der Waals surface area contributed by atoms with Crippen LogP contribution in [0.3, 0.4) is 0 Å². The fourth-order valence-electron chi connectivity index (χ4n) is 1.41. The number of rotatable bonds is 3. The van der Waals surface area contributed by atoms with Gasteiger partial charge in [-0.3, -0.25) is 0 Å². The van der Waals surface area contributed by atoms with Crippen LogP contribution in [0.2, 0.25) is 0 Å². The minimum absolute atomic E-state index is 0.814. The Kier molecular flexibility index (Phi) is 3.20. The normalized spacial score (nSPS) is 9.87. The third-order valence-corrected chi connectivity index (χ3v) is 2.57. The summed E-state index contributed by atoms with van der Waals surface area (Å²) in [7, 11) is 0. The number of para-hydroxylation sites is 1. The van der Waals surface area contributed by atoms with E-state index in [1.165, 1.54) is 5.56 Å². The molecule has 1 nitrogen and oxygen atoms in total. The highest BCUT2D eigenvalue weighted by Gasteiger charge is 1.97. The van der Waals surface area contributed by atoms with Crippen molar-refractivity contribution in [3.8, 4) is 0 Å². The van der Waals surface area contributed by atoms with Crippen LogP contribution in [0, 0.1) is 0 Å². The number of hydrogen-bond donors (Lipinski definition) is 1. The highest BCUT2D eigenvalue weighted by molar-refractivity contribution is 7.80. The molecule has 75 valence electrons. The summed E-state index contributed by atoms with van der Waals surface area (Å²) in [5.74, 6) is 0. The Morgan fingerprint density at radius 2 is 1.53 bits per heavy atom. The van der Waals surface area contributed by atoms with Gasteiger partial charge in [-0.15, -0.1) is 0 Å². The number of anilines is 1. The van der Waals surface area contributed by atoms with Gasteiger partial charge in [-0.05, 0) is 17.7 Å². The molecule has 0 heterocycles. The smallest absolute Gasteiger partial charge is 0.0608 e. The Morgan fingerprint density at radius 1 is 0.867 bits per heavy atom. The molecular weight excluding hydrogens is 202 g/mol. The van der Waals surface area contributed by atoms with Crippen LogP contribution in [0.1, 0.15) is 5.56 Å². The molecule has 1 radical (unpaired) electrons. The first-order valence-corrected chi connectivity index (χ1v) is 5.31. The molecule has 2 aromatic carbocycles. The molecule has 0 spiro atoms. The van der Waals surface area contributed by atoms with Crippen molar-refractivity contribution in [2.75, 3.05) is 5.32 Å². The lowest BCUT2D eigenvalue weighted by Crippen LogP contribution is -1.99. The van der Waals surface area contributed by atoms with E-state index in [2.05, 4.69) is 17.4 Å². The van der Waals surface area contributed by atoms with Gasteiger partial charge in [-0.1, -0.05) is 55.1 Å². The van der Waals surface area contributed by atoms with Crippen LogP contribution < -0.4 is 5.32 Å². The fourth-order valence-corrected chi connectivity index (χ4v) is 1.62. The molecular formula is C13H12NS. The van der Waals surface area contributed by atoms with Crippen LogP contribution in [0.5, 0.6) is 0 Å². The van der Waals surface area contributed by atoms with Crippen molar-refractivity contribution in [2.24, 2.45) is 0 Å². The van der Waals surface area contributed by atoms with E-state index in [0.717, 1.165) is 17.1 Å². The Bertz CT molecular complexity index is 426. The summed E-state index contributed by atoms with van der Waals surface area (Å²) in [5.41, 5.74) is 2.28. The van der Waals surface area contributed by atoms with E-state index >= 15 is 0 Å². The Hall–Kier alpha value is -1.54. The van der Waals surface area contributed by atoms with Gasteiger partial charge >= 0.3 is 0 Å². The van der Waals surface area contributed by atoms with E-state index in [-0.39, 0.29) is 0 Å². The largest absolute Gasteiger partial charge is 0.380 e. The van der Waals surface area contributed by atoms with Crippen molar-refractivity contribution in [1.29, 1.82) is 0 Å². The summed E-state index contributed by atoms with van der Waals surface area (Å²) in [6.07, 6.45) is 0. The van der Waals surface area contributed by atoms with Crippen LogP contribution in [0.25, 0.3) is 0 Å². The molecule has 1 N–H and O–H groups in total. The van der Waals surface area contributed by atoms with Gasteiger partial charge in [0.25, 0.3) is 0 Å². The molecule has 2 rings (SSSR count). The average Bonchev–Trinajstić information content (AvgIpc) is 2.29. The van der Waals surface area contributed by atoms with E-state index in [0.29, 0.717) is 0 Å². The summed E-state index contributed by atoms with van der Waals surface area (Å²) in [6.45, 7) is 0.814. The van der Waals surface area contributed by atoms with Gasteiger partial charge in [-0.25, -0.2) is 0 Å². The van der Waals surface area contributed by atoms with E-state index in [9.17, 15) is 0 Å². The van der Waals surface area contributed by atoms with Crippen LogP contribution in [-0.4, -0.2) is 0 Å². The molecule has 0 aromatic heterocycles. The van der Waals surface area contributed by atoms with Crippen molar-refractivity contribution in [2.45, 2.75) is 11.4 Å². The van der Waals surface area contributed by atoms with Crippen LogP contribution >= 0.6 is 12.6 Å². The molecule has 0 fully saturated rings. The van der Waals surface area contributed by atoms with Gasteiger partial charge in [-0.2, -0.15) is 0 Å². The van der Waals surface area contributed by atoms with E-state index in [1.807, 2.05) is 42.5 Å².